The SMILES string of the molecule is O=C(NC[C@H]1CCC[C@H]1O)Nc1cccc(C#Cc2ccccn2)c1. The van der Waals surface area contributed by atoms with Crippen molar-refractivity contribution < 1.29 is 9.90 Å². The highest BCUT2D eigenvalue weighted by Crippen LogP contribution is 2.24. The highest BCUT2D eigenvalue weighted by atomic mass is 16.3. The van der Waals surface area contributed by atoms with Crippen LogP contribution < -0.4 is 10.6 Å². The zero-order chi connectivity index (χ0) is 17.5. The Kier molecular flexibility index (Phi) is 5.65. The van der Waals surface area contributed by atoms with Crippen LogP contribution in [0.25, 0.3) is 0 Å². The van der Waals surface area contributed by atoms with E-state index >= 15 is 0 Å². The van der Waals surface area contributed by atoms with Gasteiger partial charge in [-0.05, 0) is 49.1 Å². The molecule has 5 heteroatoms. The molecule has 0 saturated heterocycles. The van der Waals surface area contributed by atoms with Gasteiger partial charge in [0.15, 0.2) is 0 Å². The minimum Gasteiger partial charge on any atom is -0.393 e. The molecule has 1 aliphatic rings. The number of aliphatic hydroxyl groups excluding tert-OH is 1. The average Bonchev–Trinajstić information content (AvgIpc) is 3.04. The average molecular weight is 335 g/mol. The van der Waals surface area contributed by atoms with Crippen molar-refractivity contribution in [2.24, 2.45) is 5.92 Å². The van der Waals surface area contributed by atoms with Crippen LogP contribution in [0.1, 0.15) is 30.5 Å². The van der Waals surface area contributed by atoms with E-state index in [1.807, 2.05) is 42.5 Å². The molecule has 1 heterocycles. The fourth-order valence-electron chi connectivity index (χ4n) is 2.90. The van der Waals surface area contributed by atoms with Gasteiger partial charge in [-0.1, -0.05) is 24.5 Å². The van der Waals surface area contributed by atoms with Crippen LogP contribution in [-0.4, -0.2) is 28.8 Å². The standard InChI is InChI=1S/C20H21N3O2/c24-19-9-4-6-16(19)14-22-20(25)23-18-8-3-5-15(13-18)10-11-17-7-1-2-12-21-17/h1-3,5,7-8,12-13,16,19,24H,4,6,9,14H2,(H2,22,23,25)/t16-,19-/m1/s1. The molecule has 1 aromatic heterocycles. The lowest BCUT2D eigenvalue weighted by Crippen LogP contribution is -2.35. The second-order valence-electron chi connectivity index (χ2n) is 6.14. The number of hydrogen-bond acceptors (Lipinski definition) is 3. The van der Waals surface area contributed by atoms with Crippen molar-refractivity contribution in [3.8, 4) is 11.8 Å². The lowest BCUT2D eigenvalue weighted by atomic mass is 10.1. The second-order valence-corrected chi connectivity index (χ2v) is 6.14. The number of nitrogens with zero attached hydrogens (tertiary/aromatic N) is 1. The Morgan fingerprint density at radius 3 is 2.88 bits per heavy atom. The summed E-state index contributed by atoms with van der Waals surface area (Å²) in [6.07, 6.45) is 4.20. The third kappa shape index (κ3) is 5.07. The summed E-state index contributed by atoms with van der Waals surface area (Å²) in [5.41, 5.74) is 2.18. The third-order valence-corrected chi connectivity index (χ3v) is 4.26. The van der Waals surface area contributed by atoms with E-state index in [4.69, 9.17) is 0 Å². The molecule has 5 nitrogen and oxygen atoms in total. The zero-order valence-electron chi connectivity index (χ0n) is 13.9. The monoisotopic (exact) mass is 335 g/mol. The maximum absolute atomic E-state index is 12.0. The molecule has 2 aromatic rings. The summed E-state index contributed by atoms with van der Waals surface area (Å²) in [5, 5.41) is 15.4. The van der Waals surface area contributed by atoms with Crippen molar-refractivity contribution in [2.45, 2.75) is 25.4 Å². The summed E-state index contributed by atoms with van der Waals surface area (Å²) in [6, 6.07) is 12.7. The third-order valence-electron chi connectivity index (χ3n) is 4.26. The number of benzene rings is 1. The largest absolute Gasteiger partial charge is 0.393 e. The van der Waals surface area contributed by atoms with E-state index in [0.29, 0.717) is 17.9 Å². The molecular formula is C20H21N3O2. The van der Waals surface area contributed by atoms with Crippen LogP contribution >= 0.6 is 0 Å². The summed E-state index contributed by atoms with van der Waals surface area (Å²) < 4.78 is 0. The summed E-state index contributed by atoms with van der Waals surface area (Å²) in [6.45, 7) is 0.492. The summed E-state index contributed by atoms with van der Waals surface area (Å²) in [5.74, 6) is 6.19. The second kappa shape index (κ2) is 8.32. The fraction of sp³-hybridized carbons (Fsp3) is 0.300. The van der Waals surface area contributed by atoms with Gasteiger partial charge in [-0.15, -0.1) is 0 Å². The molecule has 3 rings (SSSR count). The number of carbonyl (C=O) groups excluding carboxylic acids is 1. The van der Waals surface area contributed by atoms with Crippen LogP contribution in [-0.2, 0) is 0 Å². The van der Waals surface area contributed by atoms with E-state index in [-0.39, 0.29) is 18.1 Å². The topological polar surface area (TPSA) is 74.2 Å². The Labute approximate surface area is 147 Å². The first kappa shape index (κ1) is 17.0. The Morgan fingerprint density at radius 2 is 2.12 bits per heavy atom. The molecule has 0 aliphatic heterocycles. The van der Waals surface area contributed by atoms with Crippen LogP contribution in [0.2, 0.25) is 0 Å². The normalized spacial score (nSPS) is 18.9. The molecule has 3 N–H and O–H groups in total. The number of aliphatic hydroxyl groups is 1. The Bertz CT molecular complexity index is 780. The smallest absolute Gasteiger partial charge is 0.319 e. The van der Waals surface area contributed by atoms with Crippen LogP contribution in [0.3, 0.4) is 0 Å². The molecular weight excluding hydrogens is 314 g/mol. The van der Waals surface area contributed by atoms with E-state index in [2.05, 4.69) is 27.5 Å². The van der Waals surface area contributed by atoms with Gasteiger partial charge >= 0.3 is 6.03 Å². The van der Waals surface area contributed by atoms with E-state index in [1.165, 1.54) is 0 Å². The first-order valence-electron chi connectivity index (χ1n) is 8.47. The minimum absolute atomic E-state index is 0.154. The number of pyridine rings is 1. The molecule has 0 bridgehead atoms. The molecule has 0 radical (unpaired) electrons. The molecule has 1 aromatic carbocycles. The first-order valence-corrected chi connectivity index (χ1v) is 8.47. The number of hydrogen-bond donors (Lipinski definition) is 3. The quantitative estimate of drug-likeness (QED) is 0.755. The van der Waals surface area contributed by atoms with E-state index < -0.39 is 0 Å². The van der Waals surface area contributed by atoms with Gasteiger partial charge in [0.2, 0.25) is 0 Å². The van der Waals surface area contributed by atoms with Crippen molar-refractivity contribution in [1.82, 2.24) is 10.3 Å². The van der Waals surface area contributed by atoms with Crippen LogP contribution in [0.4, 0.5) is 10.5 Å². The highest BCUT2D eigenvalue weighted by Gasteiger charge is 2.25. The minimum atomic E-state index is -0.300. The number of rotatable bonds is 3. The van der Waals surface area contributed by atoms with E-state index in [0.717, 1.165) is 24.8 Å². The predicted molar refractivity (Wildman–Crippen MR) is 97.0 cm³/mol. The Morgan fingerprint density at radius 1 is 1.20 bits per heavy atom. The van der Waals surface area contributed by atoms with Crippen molar-refractivity contribution in [2.75, 3.05) is 11.9 Å². The van der Waals surface area contributed by atoms with Gasteiger partial charge in [-0.2, -0.15) is 0 Å². The van der Waals surface area contributed by atoms with Crippen molar-refractivity contribution in [3.63, 3.8) is 0 Å². The Hall–Kier alpha value is -2.84. The summed E-state index contributed by atoms with van der Waals surface area (Å²) in [4.78, 5) is 16.2. The number of urea groups is 1. The van der Waals surface area contributed by atoms with Gasteiger partial charge in [-0.3, -0.25) is 0 Å². The highest BCUT2D eigenvalue weighted by molar-refractivity contribution is 5.89. The van der Waals surface area contributed by atoms with Crippen LogP contribution in [0.15, 0.2) is 48.7 Å². The molecule has 128 valence electrons. The lowest BCUT2D eigenvalue weighted by Gasteiger charge is -2.15. The van der Waals surface area contributed by atoms with E-state index in [1.54, 1.807) is 6.20 Å². The van der Waals surface area contributed by atoms with Gasteiger partial charge in [-0.25, -0.2) is 9.78 Å². The summed E-state index contributed by atoms with van der Waals surface area (Å²) in [7, 11) is 0. The zero-order valence-corrected chi connectivity index (χ0v) is 13.9. The molecule has 1 aliphatic carbocycles. The van der Waals surface area contributed by atoms with Crippen molar-refractivity contribution in [3.05, 3.63) is 59.9 Å². The van der Waals surface area contributed by atoms with Crippen molar-refractivity contribution in [1.29, 1.82) is 0 Å². The van der Waals surface area contributed by atoms with Crippen LogP contribution in [0.5, 0.6) is 0 Å². The van der Waals surface area contributed by atoms with Gasteiger partial charge < -0.3 is 15.7 Å². The van der Waals surface area contributed by atoms with Crippen LogP contribution in [0, 0.1) is 17.8 Å². The lowest BCUT2D eigenvalue weighted by molar-refractivity contribution is 0.133. The first-order chi connectivity index (χ1) is 12.2. The fourth-order valence-corrected chi connectivity index (χ4v) is 2.90. The van der Waals surface area contributed by atoms with Gasteiger partial charge in [0.1, 0.15) is 5.69 Å². The molecule has 1 saturated carbocycles. The predicted octanol–water partition coefficient (Wildman–Crippen LogP) is 2.76. The van der Waals surface area contributed by atoms with Crippen molar-refractivity contribution >= 4 is 11.7 Å². The molecule has 0 spiro atoms. The molecule has 2 amide bonds. The number of aromatic nitrogens is 1. The number of nitrogens with one attached hydrogen (secondary N) is 2. The van der Waals surface area contributed by atoms with Gasteiger partial charge in [0.05, 0.1) is 6.10 Å². The summed E-state index contributed by atoms with van der Waals surface area (Å²) >= 11 is 0. The van der Waals surface area contributed by atoms with E-state index in [9.17, 15) is 9.90 Å². The number of anilines is 1. The van der Waals surface area contributed by atoms with Gasteiger partial charge in [0.25, 0.3) is 0 Å². The molecule has 2 atom stereocenters. The number of carbonyl (C=O) groups is 1. The van der Waals surface area contributed by atoms with Gasteiger partial charge in [0, 0.05) is 29.9 Å². The Balaban J connectivity index is 1.56. The number of amides is 2. The molecule has 0 unspecified atom stereocenters. The molecule has 1 fully saturated rings. The maximum atomic E-state index is 12.0. The maximum Gasteiger partial charge on any atom is 0.319 e. The molecule has 25 heavy (non-hydrogen) atoms.